The van der Waals surface area contributed by atoms with Crippen molar-refractivity contribution in [1.82, 2.24) is 0 Å². The van der Waals surface area contributed by atoms with Gasteiger partial charge in [-0.1, -0.05) is 23.2 Å². The Balaban J connectivity index is 1.47. The molecule has 0 radical (unpaired) electrons. The molecule has 128 valence electrons. The fraction of sp³-hybridized carbons (Fsp3) is 0.158. The van der Waals surface area contributed by atoms with Crippen LogP contribution in [0.4, 0.5) is 5.69 Å². The molecule has 6 heteroatoms. The fourth-order valence-electron chi connectivity index (χ4n) is 2.65. The van der Waals surface area contributed by atoms with Crippen molar-refractivity contribution < 1.29 is 13.9 Å². The van der Waals surface area contributed by atoms with Gasteiger partial charge in [-0.25, -0.2) is 0 Å². The monoisotopic (exact) mass is 375 g/mol. The van der Waals surface area contributed by atoms with Crippen molar-refractivity contribution in [3.63, 3.8) is 0 Å². The molecule has 25 heavy (non-hydrogen) atoms. The Morgan fingerprint density at radius 2 is 1.72 bits per heavy atom. The summed E-state index contributed by atoms with van der Waals surface area (Å²) in [6, 6.07) is 14.9. The molecule has 0 fully saturated rings. The van der Waals surface area contributed by atoms with Crippen LogP contribution in [-0.4, -0.2) is 13.2 Å². The maximum absolute atomic E-state index is 6.22. The molecule has 3 aromatic rings. The van der Waals surface area contributed by atoms with Crippen molar-refractivity contribution in [1.29, 1.82) is 0 Å². The molecule has 0 unspecified atom stereocenters. The number of benzene rings is 2. The molecule has 4 rings (SSSR count). The molecule has 1 aromatic heterocycles. The Morgan fingerprint density at radius 3 is 2.60 bits per heavy atom. The van der Waals surface area contributed by atoms with Gasteiger partial charge in [-0.15, -0.1) is 0 Å². The first kappa shape index (κ1) is 16.2. The lowest BCUT2D eigenvalue weighted by atomic mass is 10.2. The number of anilines is 1. The van der Waals surface area contributed by atoms with Crippen LogP contribution in [-0.2, 0) is 6.54 Å². The molecule has 0 amide bonds. The summed E-state index contributed by atoms with van der Waals surface area (Å²) < 4.78 is 17.0. The van der Waals surface area contributed by atoms with Gasteiger partial charge in [0.1, 0.15) is 24.7 Å². The van der Waals surface area contributed by atoms with Crippen LogP contribution in [0.15, 0.2) is 52.9 Å². The number of rotatable bonds is 4. The summed E-state index contributed by atoms with van der Waals surface area (Å²) in [6.45, 7) is 1.69. The normalized spacial score (nSPS) is 12.9. The minimum atomic E-state index is 0.540. The van der Waals surface area contributed by atoms with E-state index in [-0.39, 0.29) is 0 Å². The number of nitrogens with one attached hydrogen (secondary N) is 1. The van der Waals surface area contributed by atoms with Crippen LogP contribution in [0.25, 0.3) is 11.3 Å². The second-order valence-electron chi connectivity index (χ2n) is 5.60. The van der Waals surface area contributed by atoms with Gasteiger partial charge in [0.05, 0.1) is 11.6 Å². The van der Waals surface area contributed by atoms with E-state index in [0.717, 1.165) is 28.5 Å². The third kappa shape index (κ3) is 3.55. The van der Waals surface area contributed by atoms with Gasteiger partial charge >= 0.3 is 0 Å². The maximum atomic E-state index is 6.22. The van der Waals surface area contributed by atoms with Crippen molar-refractivity contribution in [2.45, 2.75) is 6.54 Å². The van der Waals surface area contributed by atoms with Gasteiger partial charge in [0.25, 0.3) is 0 Å². The molecule has 4 nitrogen and oxygen atoms in total. The molecule has 2 heterocycles. The van der Waals surface area contributed by atoms with Gasteiger partial charge in [-0.05, 0) is 42.5 Å². The quantitative estimate of drug-likeness (QED) is 0.640. The van der Waals surface area contributed by atoms with Gasteiger partial charge in [-0.3, -0.25) is 0 Å². The molecule has 0 saturated heterocycles. The summed E-state index contributed by atoms with van der Waals surface area (Å²) in [5.41, 5.74) is 1.71. The van der Waals surface area contributed by atoms with E-state index in [1.54, 1.807) is 18.2 Å². The average Bonchev–Trinajstić information content (AvgIpc) is 3.10. The third-order valence-electron chi connectivity index (χ3n) is 3.86. The van der Waals surface area contributed by atoms with E-state index in [0.29, 0.717) is 35.6 Å². The summed E-state index contributed by atoms with van der Waals surface area (Å²) in [4.78, 5) is 0. The topological polar surface area (TPSA) is 43.6 Å². The van der Waals surface area contributed by atoms with E-state index in [1.807, 2.05) is 30.3 Å². The van der Waals surface area contributed by atoms with E-state index in [9.17, 15) is 0 Å². The Hall–Kier alpha value is -2.30. The summed E-state index contributed by atoms with van der Waals surface area (Å²) in [5.74, 6) is 3.00. The molecule has 1 N–H and O–H groups in total. The zero-order valence-corrected chi connectivity index (χ0v) is 14.7. The second kappa shape index (κ2) is 6.90. The predicted molar refractivity (Wildman–Crippen MR) is 98.9 cm³/mol. The zero-order valence-electron chi connectivity index (χ0n) is 13.2. The van der Waals surface area contributed by atoms with Crippen molar-refractivity contribution in [2.75, 3.05) is 18.5 Å². The number of ether oxygens (including phenoxy) is 2. The van der Waals surface area contributed by atoms with Crippen molar-refractivity contribution in [2.24, 2.45) is 0 Å². The highest BCUT2D eigenvalue weighted by Crippen LogP contribution is 2.34. The van der Waals surface area contributed by atoms with Crippen LogP contribution in [0.2, 0.25) is 10.0 Å². The smallest absolute Gasteiger partial charge is 0.163 e. The lowest BCUT2D eigenvalue weighted by molar-refractivity contribution is 0.171. The van der Waals surface area contributed by atoms with Crippen LogP contribution in [0.5, 0.6) is 11.5 Å². The number of fused-ring (bicyclic) bond motifs is 1. The van der Waals surface area contributed by atoms with Gasteiger partial charge in [0.2, 0.25) is 0 Å². The van der Waals surface area contributed by atoms with Crippen LogP contribution in [0, 0.1) is 0 Å². The highest BCUT2D eigenvalue weighted by Gasteiger charge is 2.12. The van der Waals surface area contributed by atoms with Gasteiger partial charge in [-0.2, -0.15) is 0 Å². The number of hydrogen-bond donors (Lipinski definition) is 1. The van der Waals surface area contributed by atoms with E-state index < -0.39 is 0 Å². The van der Waals surface area contributed by atoms with Crippen LogP contribution >= 0.6 is 23.2 Å². The Kier molecular flexibility index (Phi) is 4.47. The van der Waals surface area contributed by atoms with E-state index >= 15 is 0 Å². The largest absolute Gasteiger partial charge is 0.486 e. The minimum absolute atomic E-state index is 0.540. The highest BCUT2D eigenvalue weighted by atomic mass is 35.5. The third-order valence-corrected chi connectivity index (χ3v) is 4.43. The molecule has 1 aliphatic heterocycles. The molecular formula is C19H15Cl2NO3. The fourth-order valence-corrected chi connectivity index (χ4v) is 3.03. The van der Waals surface area contributed by atoms with Gasteiger partial charge in [0, 0.05) is 22.3 Å². The molecule has 1 aliphatic rings. The summed E-state index contributed by atoms with van der Waals surface area (Å²) >= 11 is 12.3. The second-order valence-corrected chi connectivity index (χ2v) is 6.45. The van der Waals surface area contributed by atoms with Crippen LogP contribution in [0.1, 0.15) is 5.76 Å². The van der Waals surface area contributed by atoms with Crippen molar-refractivity contribution >= 4 is 28.9 Å². The first-order chi connectivity index (χ1) is 12.2. The first-order valence-electron chi connectivity index (χ1n) is 7.87. The van der Waals surface area contributed by atoms with Crippen molar-refractivity contribution in [3.8, 4) is 22.8 Å². The van der Waals surface area contributed by atoms with E-state index in [2.05, 4.69) is 5.32 Å². The first-order valence-corrected chi connectivity index (χ1v) is 8.62. The lowest BCUT2D eigenvalue weighted by Crippen LogP contribution is -2.15. The number of hydrogen-bond acceptors (Lipinski definition) is 4. The van der Waals surface area contributed by atoms with E-state index in [1.165, 1.54) is 0 Å². The number of halogens is 2. The van der Waals surface area contributed by atoms with Crippen LogP contribution < -0.4 is 14.8 Å². The minimum Gasteiger partial charge on any atom is -0.486 e. The Labute approximate surface area is 155 Å². The van der Waals surface area contributed by atoms with Crippen molar-refractivity contribution in [3.05, 3.63) is 64.3 Å². The summed E-state index contributed by atoms with van der Waals surface area (Å²) in [5, 5.41) is 4.53. The molecule has 2 aromatic carbocycles. The number of furan rings is 1. The molecule has 0 saturated carbocycles. The standard InChI is InChI=1S/C19H15Cl2NO3/c20-12-1-4-16(21)15(9-12)17-6-3-14(25-17)11-22-13-2-5-18-19(10-13)24-8-7-23-18/h1-6,9-10,22H,7-8,11H2. The molecule has 0 atom stereocenters. The maximum Gasteiger partial charge on any atom is 0.163 e. The highest BCUT2D eigenvalue weighted by molar-refractivity contribution is 6.35. The molecular weight excluding hydrogens is 361 g/mol. The SMILES string of the molecule is Clc1ccc(Cl)c(-c2ccc(CNc3ccc4c(c3)OCCO4)o2)c1. The molecule has 0 bridgehead atoms. The molecule has 0 spiro atoms. The van der Waals surface area contributed by atoms with Gasteiger partial charge in [0.15, 0.2) is 11.5 Å². The Morgan fingerprint density at radius 1 is 0.880 bits per heavy atom. The summed E-state index contributed by atoms with van der Waals surface area (Å²) in [6.07, 6.45) is 0. The van der Waals surface area contributed by atoms with Crippen LogP contribution in [0.3, 0.4) is 0 Å². The van der Waals surface area contributed by atoms with Gasteiger partial charge < -0.3 is 19.2 Å². The summed E-state index contributed by atoms with van der Waals surface area (Å²) in [7, 11) is 0. The molecule has 0 aliphatic carbocycles. The zero-order chi connectivity index (χ0) is 17.2. The predicted octanol–water partition coefficient (Wildman–Crippen LogP) is 5.64. The Bertz CT molecular complexity index is 907. The lowest BCUT2D eigenvalue weighted by Gasteiger charge is -2.19. The van der Waals surface area contributed by atoms with E-state index in [4.69, 9.17) is 37.1 Å². The average molecular weight is 376 g/mol.